The number of carbonyl (C=O) groups is 1. The van der Waals surface area contributed by atoms with Gasteiger partial charge >= 0.3 is 5.97 Å². The van der Waals surface area contributed by atoms with Crippen LogP contribution in [0.1, 0.15) is 58.4 Å². The van der Waals surface area contributed by atoms with Gasteiger partial charge in [0.2, 0.25) is 11.9 Å². The molecule has 1 saturated heterocycles. The summed E-state index contributed by atoms with van der Waals surface area (Å²) in [6, 6.07) is 9.32. The summed E-state index contributed by atoms with van der Waals surface area (Å²) < 4.78 is 11.8. The van der Waals surface area contributed by atoms with Gasteiger partial charge in [-0.3, -0.25) is 0 Å². The summed E-state index contributed by atoms with van der Waals surface area (Å²) in [5, 5.41) is 11.4. The van der Waals surface area contributed by atoms with Crippen LogP contribution in [0.25, 0.3) is 0 Å². The van der Waals surface area contributed by atoms with Crippen LogP contribution in [0.15, 0.2) is 30.3 Å². The maximum absolute atomic E-state index is 13.0. The van der Waals surface area contributed by atoms with Crippen molar-refractivity contribution in [3.05, 3.63) is 35.9 Å². The van der Waals surface area contributed by atoms with Gasteiger partial charge in [-0.25, -0.2) is 4.79 Å². The van der Waals surface area contributed by atoms with Crippen LogP contribution < -0.4 is 0 Å². The Morgan fingerprint density at radius 3 is 2.22 bits per heavy atom. The van der Waals surface area contributed by atoms with Gasteiger partial charge in [0.1, 0.15) is 5.60 Å². The molecule has 1 heterocycles. The van der Waals surface area contributed by atoms with Crippen LogP contribution in [0.5, 0.6) is 0 Å². The summed E-state index contributed by atoms with van der Waals surface area (Å²) in [5.74, 6) is -0.465. The van der Waals surface area contributed by atoms with E-state index in [1.165, 1.54) is 0 Å². The molecule has 23 heavy (non-hydrogen) atoms. The molecule has 1 aromatic carbocycles. The molecule has 0 spiro atoms. The fourth-order valence-electron chi connectivity index (χ4n) is 3.68. The number of ether oxygens (including phenoxy) is 2. The van der Waals surface area contributed by atoms with E-state index >= 15 is 0 Å². The van der Waals surface area contributed by atoms with Crippen LogP contribution in [0.3, 0.4) is 0 Å². The molecule has 1 aliphatic heterocycles. The van der Waals surface area contributed by atoms with Gasteiger partial charge in [0, 0.05) is 5.41 Å². The minimum Gasteiger partial charge on any atom is -0.433 e. The molecule has 0 aromatic heterocycles. The van der Waals surface area contributed by atoms with E-state index in [-0.39, 0.29) is 5.41 Å². The minimum absolute atomic E-state index is 0.350. The van der Waals surface area contributed by atoms with E-state index in [2.05, 4.69) is 0 Å². The van der Waals surface area contributed by atoms with Crippen molar-refractivity contribution < 1.29 is 19.4 Å². The summed E-state index contributed by atoms with van der Waals surface area (Å²) >= 11 is 0. The topological polar surface area (TPSA) is 55.8 Å². The Morgan fingerprint density at radius 2 is 1.70 bits per heavy atom. The largest absolute Gasteiger partial charge is 0.433 e. The van der Waals surface area contributed by atoms with E-state index < -0.39 is 23.5 Å². The lowest BCUT2D eigenvalue weighted by Crippen LogP contribution is -2.57. The third kappa shape index (κ3) is 2.58. The van der Waals surface area contributed by atoms with Crippen LogP contribution in [0.2, 0.25) is 0 Å². The third-order valence-electron chi connectivity index (χ3n) is 5.01. The van der Waals surface area contributed by atoms with Gasteiger partial charge < -0.3 is 14.6 Å². The molecule has 4 nitrogen and oxygen atoms in total. The highest BCUT2D eigenvalue weighted by Gasteiger charge is 2.65. The van der Waals surface area contributed by atoms with E-state index in [9.17, 15) is 9.90 Å². The summed E-state index contributed by atoms with van der Waals surface area (Å²) in [7, 11) is 0. The van der Waals surface area contributed by atoms with Gasteiger partial charge in [0.15, 0.2) is 0 Å². The first-order valence-electron chi connectivity index (χ1n) is 8.46. The molecular weight excluding hydrogens is 292 g/mol. The smallest absolute Gasteiger partial charge is 0.348 e. The summed E-state index contributed by atoms with van der Waals surface area (Å²) in [5.41, 5.74) is -2.31. The SMILES string of the molecule is CC(C)(C)[C@@H]1OC(=O)[C@](c2ccccc2)(C2(O)CCCCC2)O1. The Hall–Kier alpha value is -1.39. The Labute approximate surface area is 137 Å². The Kier molecular flexibility index (Phi) is 4.01. The molecule has 0 bridgehead atoms. The minimum atomic E-state index is -1.42. The van der Waals surface area contributed by atoms with Gasteiger partial charge in [-0.15, -0.1) is 0 Å². The maximum atomic E-state index is 13.0. The first kappa shape index (κ1) is 16.5. The molecule has 2 atom stereocenters. The van der Waals surface area contributed by atoms with Crippen molar-refractivity contribution in [1.29, 1.82) is 0 Å². The summed E-state index contributed by atoms with van der Waals surface area (Å²) in [6.45, 7) is 5.91. The van der Waals surface area contributed by atoms with E-state index in [1.807, 2.05) is 51.1 Å². The molecule has 126 valence electrons. The molecule has 0 radical (unpaired) electrons. The lowest BCUT2D eigenvalue weighted by Gasteiger charge is -2.44. The van der Waals surface area contributed by atoms with Crippen LogP contribution in [-0.4, -0.2) is 23.0 Å². The van der Waals surface area contributed by atoms with Crippen LogP contribution in [0, 0.1) is 5.41 Å². The van der Waals surface area contributed by atoms with E-state index in [1.54, 1.807) is 0 Å². The Balaban J connectivity index is 2.10. The molecule has 2 aliphatic rings. The monoisotopic (exact) mass is 318 g/mol. The quantitative estimate of drug-likeness (QED) is 0.848. The lowest BCUT2D eigenvalue weighted by molar-refractivity contribution is -0.217. The lowest BCUT2D eigenvalue weighted by atomic mass is 9.69. The van der Waals surface area contributed by atoms with Crippen molar-refractivity contribution in [3.63, 3.8) is 0 Å². The van der Waals surface area contributed by atoms with Crippen molar-refractivity contribution in [2.75, 3.05) is 0 Å². The standard InChI is InChI=1S/C19H26O4/c1-17(2,3)16-22-15(20)19(23-16,14-10-6-4-7-11-14)18(21)12-8-5-9-13-18/h4,6-7,10-11,16,21H,5,8-9,12-13H2,1-3H3/t16-,19-/m1/s1. The van der Waals surface area contributed by atoms with Gasteiger partial charge in [-0.05, 0) is 18.4 Å². The highest BCUT2D eigenvalue weighted by atomic mass is 16.8. The van der Waals surface area contributed by atoms with Gasteiger partial charge in [0.25, 0.3) is 0 Å². The molecule has 1 aliphatic carbocycles. The molecule has 3 rings (SSSR count). The van der Waals surface area contributed by atoms with Gasteiger partial charge in [-0.2, -0.15) is 0 Å². The van der Waals surface area contributed by atoms with E-state index in [0.717, 1.165) is 19.3 Å². The molecule has 1 aromatic rings. The Morgan fingerprint density at radius 1 is 1.09 bits per heavy atom. The molecular formula is C19H26O4. The second-order valence-corrected chi connectivity index (χ2v) is 7.86. The molecule has 1 saturated carbocycles. The fraction of sp³-hybridized carbons (Fsp3) is 0.632. The molecule has 4 heteroatoms. The van der Waals surface area contributed by atoms with Crippen molar-refractivity contribution in [2.24, 2.45) is 5.41 Å². The summed E-state index contributed by atoms with van der Waals surface area (Å²) in [6.07, 6.45) is 3.29. The zero-order chi connectivity index (χ0) is 16.7. The zero-order valence-electron chi connectivity index (χ0n) is 14.2. The average Bonchev–Trinajstić information content (AvgIpc) is 2.88. The number of rotatable bonds is 2. The third-order valence-corrected chi connectivity index (χ3v) is 5.01. The highest BCUT2D eigenvalue weighted by molar-refractivity contribution is 5.85. The number of aliphatic hydroxyl groups is 1. The van der Waals surface area contributed by atoms with Crippen molar-refractivity contribution in [2.45, 2.75) is 70.4 Å². The second kappa shape index (κ2) is 5.60. The van der Waals surface area contributed by atoms with E-state index in [4.69, 9.17) is 9.47 Å². The second-order valence-electron chi connectivity index (χ2n) is 7.86. The normalized spacial score (nSPS) is 31.0. The molecule has 0 amide bonds. The van der Waals surface area contributed by atoms with Crippen molar-refractivity contribution in [3.8, 4) is 0 Å². The van der Waals surface area contributed by atoms with Crippen molar-refractivity contribution >= 4 is 5.97 Å². The number of hydrogen-bond acceptors (Lipinski definition) is 4. The first-order chi connectivity index (χ1) is 10.8. The van der Waals surface area contributed by atoms with Crippen LogP contribution >= 0.6 is 0 Å². The van der Waals surface area contributed by atoms with Gasteiger partial charge in [-0.1, -0.05) is 70.4 Å². The molecule has 1 N–H and O–H groups in total. The fourth-order valence-corrected chi connectivity index (χ4v) is 3.68. The van der Waals surface area contributed by atoms with E-state index in [0.29, 0.717) is 18.4 Å². The molecule has 0 unspecified atom stereocenters. The number of carbonyl (C=O) groups excluding carboxylic acids is 1. The predicted molar refractivity (Wildman–Crippen MR) is 86.6 cm³/mol. The molecule has 2 fully saturated rings. The first-order valence-corrected chi connectivity index (χ1v) is 8.46. The number of cyclic esters (lactones) is 1. The summed E-state index contributed by atoms with van der Waals surface area (Å²) in [4.78, 5) is 13.0. The number of esters is 1. The number of benzene rings is 1. The number of hydrogen-bond donors (Lipinski definition) is 1. The Bertz CT molecular complexity index is 569. The average molecular weight is 318 g/mol. The van der Waals surface area contributed by atoms with Crippen molar-refractivity contribution in [1.82, 2.24) is 0 Å². The highest BCUT2D eigenvalue weighted by Crippen LogP contribution is 2.51. The maximum Gasteiger partial charge on any atom is 0.348 e. The van der Waals surface area contributed by atoms with Crippen LogP contribution in [0.4, 0.5) is 0 Å². The van der Waals surface area contributed by atoms with Gasteiger partial charge in [0.05, 0.1) is 0 Å². The zero-order valence-corrected chi connectivity index (χ0v) is 14.2. The predicted octanol–water partition coefficient (Wildman–Crippen LogP) is 3.52. The van der Waals surface area contributed by atoms with Crippen LogP contribution in [-0.2, 0) is 19.9 Å².